The van der Waals surface area contributed by atoms with Gasteiger partial charge in [0.25, 0.3) is 6.47 Å². The minimum atomic E-state index is -0.250. The molecule has 84 valence electrons. The molecule has 1 aromatic rings. The fraction of sp³-hybridized carbons (Fsp3) is 0.417. The standard InChI is InChI=1S/C11H16O.CH2O2/c1-3-4-5-10-6-8-11(12-2)9-7-10;2-1-3/h6-9H,3-5H2,1-2H3;1H,(H,2,3). The molecule has 0 amide bonds. The van der Waals surface area contributed by atoms with Crippen molar-refractivity contribution in [1.82, 2.24) is 0 Å². The third-order valence-corrected chi connectivity index (χ3v) is 1.98. The Kier molecular flexibility index (Phi) is 8.15. The fourth-order valence-corrected chi connectivity index (χ4v) is 1.17. The van der Waals surface area contributed by atoms with Crippen molar-refractivity contribution in [1.29, 1.82) is 0 Å². The Morgan fingerprint density at radius 3 is 2.27 bits per heavy atom. The van der Waals surface area contributed by atoms with Gasteiger partial charge in [-0.3, -0.25) is 4.79 Å². The predicted octanol–water partition coefficient (Wildman–Crippen LogP) is 2.74. The summed E-state index contributed by atoms with van der Waals surface area (Å²) in [5.41, 5.74) is 1.40. The SMILES string of the molecule is CCCCc1ccc(OC)cc1.O=CO. The molecule has 0 spiro atoms. The summed E-state index contributed by atoms with van der Waals surface area (Å²) in [5.74, 6) is 0.940. The zero-order valence-electron chi connectivity index (χ0n) is 9.27. The molecule has 0 saturated heterocycles. The highest BCUT2D eigenvalue weighted by Gasteiger charge is 1.92. The van der Waals surface area contributed by atoms with Crippen LogP contribution in [0.3, 0.4) is 0 Å². The van der Waals surface area contributed by atoms with Gasteiger partial charge in [-0.15, -0.1) is 0 Å². The Hall–Kier alpha value is -1.51. The minimum absolute atomic E-state index is 0.250. The van der Waals surface area contributed by atoms with Crippen molar-refractivity contribution in [3.8, 4) is 5.75 Å². The monoisotopic (exact) mass is 210 g/mol. The molecule has 0 atom stereocenters. The summed E-state index contributed by atoms with van der Waals surface area (Å²) >= 11 is 0. The maximum absolute atomic E-state index is 8.36. The smallest absolute Gasteiger partial charge is 0.290 e. The van der Waals surface area contributed by atoms with Gasteiger partial charge in [-0.25, -0.2) is 0 Å². The average Bonchev–Trinajstić information content (AvgIpc) is 2.28. The van der Waals surface area contributed by atoms with Gasteiger partial charge >= 0.3 is 0 Å². The number of carbonyl (C=O) groups is 1. The lowest BCUT2D eigenvalue weighted by atomic mass is 10.1. The molecule has 15 heavy (non-hydrogen) atoms. The van der Waals surface area contributed by atoms with Crippen LogP contribution in [0.15, 0.2) is 24.3 Å². The van der Waals surface area contributed by atoms with E-state index in [9.17, 15) is 0 Å². The second-order valence-electron chi connectivity index (χ2n) is 3.06. The van der Waals surface area contributed by atoms with Crippen LogP contribution in [0.4, 0.5) is 0 Å². The molecule has 0 aliphatic heterocycles. The largest absolute Gasteiger partial charge is 0.497 e. The number of aryl methyl sites for hydroxylation is 1. The Morgan fingerprint density at radius 2 is 1.87 bits per heavy atom. The average molecular weight is 210 g/mol. The first-order valence-electron chi connectivity index (χ1n) is 4.99. The third-order valence-electron chi connectivity index (χ3n) is 1.98. The van der Waals surface area contributed by atoms with Crippen molar-refractivity contribution >= 4 is 6.47 Å². The van der Waals surface area contributed by atoms with E-state index in [0.29, 0.717) is 0 Å². The zero-order valence-corrected chi connectivity index (χ0v) is 9.27. The van der Waals surface area contributed by atoms with Crippen LogP contribution in [0.2, 0.25) is 0 Å². The van der Waals surface area contributed by atoms with Crippen molar-refractivity contribution in [3.05, 3.63) is 29.8 Å². The lowest BCUT2D eigenvalue weighted by Crippen LogP contribution is -1.86. The summed E-state index contributed by atoms with van der Waals surface area (Å²) < 4.78 is 5.07. The fourth-order valence-electron chi connectivity index (χ4n) is 1.17. The van der Waals surface area contributed by atoms with Crippen LogP contribution in [0.1, 0.15) is 25.3 Å². The molecule has 3 nitrogen and oxygen atoms in total. The molecule has 0 saturated carbocycles. The van der Waals surface area contributed by atoms with Gasteiger partial charge in [-0.1, -0.05) is 25.5 Å². The molecule has 1 N–H and O–H groups in total. The summed E-state index contributed by atoms with van der Waals surface area (Å²) in [7, 11) is 1.70. The summed E-state index contributed by atoms with van der Waals surface area (Å²) in [6.07, 6.45) is 3.71. The number of hydrogen-bond donors (Lipinski definition) is 1. The Bertz CT molecular complexity index is 254. The molecular weight excluding hydrogens is 192 g/mol. The Balaban J connectivity index is 0.000000583. The van der Waals surface area contributed by atoms with Crippen molar-refractivity contribution in [2.24, 2.45) is 0 Å². The second-order valence-corrected chi connectivity index (χ2v) is 3.06. The first-order chi connectivity index (χ1) is 7.28. The van der Waals surface area contributed by atoms with E-state index in [-0.39, 0.29) is 6.47 Å². The number of ether oxygens (including phenoxy) is 1. The van der Waals surface area contributed by atoms with Crippen molar-refractivity contribution in [2.75, 3.05) is 7.11 Å². The number of rotatable bonds is 4. The Morgan fingerprint density at radius 1 is 1.33 bits per heavy atom. The lowest BCUT2D eigenvalue weighted by Gasteiger charge is -2.01. The van der Waals surface area contributed by atoms with Crippen LogP contribution in [-0.2, 0) is 11.2 Å². The van der Waals surface area contributed by atoms with Crippen LogP contribution in [0.5, 0.6) is 5.75 Å². The second kappa shape index (κ2) is 9.06. The molecule has 0 aliphatic carbocycles. The van der Waals surface area contributed by atoms with Gasteiger partial charge in [-0.2, -0.15) is 0 Å². The first kappa shape index (κ1) is 13.5. The minimum Gasteiger partial charge on any atom is -0.497 e. The third kappa shape index (κ3) is 6.55. The molecule has 1 rings (SSSR count). The molecule has 3 heteroatoms. The maximum atomic E-state index is 8.36. The lowest BCUT2D eigenvalue weighted by molar-refractivity contribution is -0.122. The van der Waals surface area contributed by atoms with Crippen LogP contribution < -0.4 is 4.74 Å². The molecule has 0 aliphatic rings. The number of benzene rings is 1. The maximum Gasteiger partial charge on any atom is 0.290 e. The highest BCUT2D eigenvalue weighted by molar-refractivity contribution is 5.32. The van der Waals surface area contributed by atoms with E-state index in [0.717, 1.165) is 5.75 Å². The number of carboxylic acid groups (broad SMARTS) is 1. The summed E-state index contributed by atoms with van der Waals surface area (Å²) in [6, 6.07) is 8.30. The van der Waals surface area contributed by atoms with E-state index in [1.54, 1.807) is 7.11 Å². The van der Waals surface area contributed by atoms with Crippen LogP contribution in [0.25, 0.3) is 0 Å². The van der Waals surface area contributed by atoms with Crippen molar-refractivity contribution in [3.63, 3.8) is 0 Å². The van der Waals surface area contributed by atoms with Gasteiger partial charge in [0.1, 0.15) is 5.75 Å². The highest BCUT2D eigenvalue weighted by atomic mass is 16.5. The topological polar surface area (TPSA) is 46.5 Å². The van der Waals surface area contributed by atoms with Gasteiger partial charge in [0.2, 0.25) is 0 Å². The summed E-state index contributed by atoms with van der Waals surface area (Å²) in [4.78, 5) is 8.36. The van der Waals surface area contributed by atoms with Crippen LogP contribution in [-0.4, -0.2) is 18.7 Å². The van der Waals surface area contributed by atoms with Gasteiger partial charge < -0.3 is 9.84 Å². The van der Waals surface area contributed by atoms with E-state index >= 15 is 0 Å². The molecule has 0 unspecified atom stereocenters. The quantitative estimate of drug-likeness (QED) is 0.777. The number of methoxy groups -OCH3 is 1. The Labute approximate surface area is 90.7 Å². The summed E-state index contributed by atoms with van der Waals surface area (Å²) in [6.45, 7) is 1.96. The zero-order chi connectivity index (χ0) is 11.5. The molecular formula is C12H18O3. The van der Waals surface area contributed by atoms with E-state index < -0.39 is 0 Å². The first-order valence-corrected chi connectivity index (χ1v) is 4.99. The molecule has 0 heterocycles. The van der Waals surface area contributed by atoms with E-state index in [1.165, 1.54) is 24.8 Å². The van der Waals surface area contributed by atoms with Gasteiger partial charge in [-0.05, 0) is 30.5 Å². The summed E-state index contributed by atoms with van der Waals surface area (Å²) in [5, 5.41) is 6.89. The van der Waals surface area contributed by atoms with E-state index in [2.05, 4.69) is 19.1 Å². The van der Waals surface area contributed by atoms with Crippen molar-refractivity contribution < 1.29 is 14.6 Å². The molecule has 0 radical (unpaired) electrons. The number of hydrogen-bond acceptors (Lipinski definition) is 2. The van der Waals surface area contributed by atoms with Gasteiger partial charge in [0.05, 0.1) is 7.11 Å². The molecule has 1 aromatic carbocycles. The van der Waals surface area contributed by atoms with Crippen LogP contribution >= 0.6 is 0 Å². The predicted molar refractivity (Wildman–Crippen MR) is 60.3 cm³/mol. The van der Waals surface area contributed by atoms with E-state index in [1.807, 2.05) is 12.1 Å². The van der Waals surface area contributed by atoms with Crippen molar-refractivity contribution in [2.45, 2.75) is 26.2 Å². The van der Waals surface area contributed by atoms with Gasteiger partial charge in [0.15, 0.2) is 0 Å². The normalized spacial score (nSPS) is 8.67. The van der Waals surface area contributed by atoms with Gasteiger partial charge in [0, 0.05) is 0 Å². The molecule has 0 aromatic heterocycles. The molecule has 0 fully saturated rings. The molecule has 0 bridgehead atoms. The van der Waals surface area contributed by atoms with Crippen LogP contribution in [0, 0.1) is 0 Å². The number of unbranched alkanes of at least 4 members (excludes halogenated alkanes) is 1. The highest BCUT2D eigenvalue weighted by Crippen LogP contribution is 2.12. The van der Waals surface area contributed by atoms with E-state index in [4.69, 9.17) is 14.6 Å².